The van der Waals surface area contributed by atoms with Crippen LogP contribution in [0.4, 0.5) is 0 Å². The Labute approximate surface area is 178 Å². The molecule has 0 spiro atoms. The van der Waals surface area contributed by atoms with Gasteiger partial charge in [0, 0.05) is 30.7 Å². The molecule has 4 aromatic rings. The first-order valence-corrected chi connectivity index (χ1v) is 9.66. The van der Waals surface area contributed by atoms with E-state index in [0.717, 1.165) is 11.3 Å². The fourth-order valence-electron chi connectivity index (χ4n) is 3.28. The third kappa shape index (κ3) is 4.09. The molecule has 0 bridgehead atoms. The highest BCUT2D eigenvalue weighted by atomic mass is 16.5. The van der Waals surface area contributed by atoms with Crippen molar-refractivity contribution in [2.24, 2.45) is 0 Å². The SMILES string of the molecule is COc1ccccc1-n1cc(CNC(=O)c2c(C)ccn(-c3cccnc3)c2=O)cn1. The van der Waals surface area contributed by atoms with Gasteiger partial charge in [0.25, 0.3) is 11.5 Å². The number of aryl methyl sites for hydroxylation is 1. The van der Waals surface area contributed by atoms with Crippen molar-refractivity contribution in [3.8, 4) is 17.1 Å². The first kappa shape index (κ1) is 20.1. The second-order valence-electron chi connectivity index (χ2n) is 6.91. The van der Waals surface area contributed by atoms with Crippen LogP contribution in [0.2, 0.25) is 0 Å². The number of amides is 1. The highest BCUT2D eigenvalue weighted by Crippen LogP contribution is 2.21. The molecule has 8 heteroatoms. The number of ether oxygens (including phenoxy) is 1. The molecule has 4 rings (SSSR count). The third-order valence-electron chi connectivity index (χ3n) is 4.87. The molecule has 1 amide bonds. The summed E-state index contributed by atoms with van der Waals surface area (Å²) in [7, 11) is 1.60. The zero-order valence-electron chi connectivity index (χ0n) is 17.1. The van der Waals surface area contributed by atoms with Crippen LogP contribution in [0.25, 0.3) is 11.4 Å². The van der Waals surface area contributed by atoms with Crippen LogP contribution in [0.15, 0.2) is 78.2 Å². The molecule has 1 N–H and O–H groups in total. The van der Waals surface area contributed by atoms with Crippen molar-refractivity contribution in [2.75, 3.05) is 7.11 Å². The molecule has 0 aliphatic carbocycles. The first-order valence-electron chi connectivity index (χ1n) is 9.66. The monoisotopic (exact) mass is 415 g/mol. The number of hydrogen-bond acceptors (Lipinski definition) is 5. The molecule has 1 aromatic carbocycles. The fraction of sp³-hybridized carbons (Fsp3) is 0.130. The van der Waals surface area contributed by atoms with E-state index in [9.17, 15) is 9.59 Å². The Morgan fingerprint density at radius 2 is 1.97 bits per heavy atom. The Balaban J connectivity index is 1.54. The lowest BCUT2D eigenvalue weighted by Gasteiger charge is -2.10. The number of carbonyl (C=O) groups excluding carboxylic acids is 1. The van der Waals surface area contributed by atoms with Gasteiger partial charge in [0.1, 0.15) is 17.0 Å². The number of aromatic nitrogens is 4. The molecule has 0 unspecified atom stereocenters. The van der Waals surface area contributed by atoms with Gasteiger partial charge < -0.3 is 10.1 Å². The van der Waals surface area contributed by atoms with E-state index in [1.165, 1.54) is 4.57 Å². The molecule has 3 heterocycles. The van der Waals surface area contributed by atoms with E-state index in [1.54, 1.807) is 61.7 Å². The van der Waals surface area contributed by atoms with Crippen LogP contribution in [0.5, 0.6) is 5.75 Å². The summed E-state index contributed by atoms with van der Waals surface area (Å²) in [6.07, 6.45) is 8.32. The number of rotatable bonds is 6. The third-order valence-corrected chi connectivity index (χ3v) is 4.87. The lowest BCUT2D eigenvalue weighted by Crippen LogP contribution is -2.33. The summed E-state index contributed by atoms with van der Waals surface area (Å²) < 4.78 is 8.46. The molecule has 156 valence electrons. The van der Waals surface area contributed by atoms with Gasteiger partial charge in [-0.15, -0.1) is 0 Å². The van der Waals surface area contributed by atoms with Crippen molar-refractivity contribution in [1.29, 1.82) is 0 Å². The Bertz CT molecular complexity index is 1280. The van der Waals surface area contributed by atoms with Gasteiger partial charge in [-0.1, -0.05) is 12.1 Å². The van der Waals surface area contributed by atoms with Gasteiger partial charge >= 0.3 is 0 Å². The smallest absolute Gasteiger partial charge is 0.268 e. The van der Waals surface area contributed by atoms with Crippen molar-refractivity contribution in [3.05, 3.63) is 100 Å². The molecule has 0 fully saturated rings. The Kier molecular flexibility index (Phi) is 5.61. The van der Waals surface area contributed by atoms with Crippen molar-refractivity contribution < 1.29 is 9.53 Å². The molecule has 0 aliphatic heterocycles. The minimum absolute atomic E-state index is 0.100. The Hall–Kier alpha value is -4.20. The summed E-state index contributed by atoms with van der Waals surface area (Å²) in [5.74, 6) is 0.253. The normalized spacial score (nSPS) is 10.6. The predicted octanol–water partition coefficient (Wildman–Crippen LogP) is 2.67. The minimum atomic E-state index is -0.439. The maximum atomic E-state index is 12.9. The van der Waals surface area contributed by atoms with Crippen LogP contribution < -0.4 is 15.6 Å². The van der Waals surface area contributed by atoms with Crippen LogP contribution in [0, 0.1) is 6.92 Å². The summed E-state index contributed by atoms with van der Waals surface area (Å²) >= 11 is 0. The fourth-order valence-corrected chi connectivity index (χ4v) is 3.28. The molecule has 8 nitrogen and oxygen atoms in total. The number of methoxy groups -OCH3 is 1. The van der Waals surface area contributed by atoms with E-state index in [1.807, 2.05) is 30.5 Å². The summed E-state index contributed by atoms with van der Waals surface area (Å²) in [4.78, 5) is 29.8. The van der Waals surface area contributed by atoms with Crippen LogP contribution >= 0.6 is 0 Å². The van der Waals surface area contributed by atoms with Crippen molar-refractivity contribution >= 4 is 5.91 Å². The molecule has 31 heavy (non-hydrogen) atoms. The van der Waals surface area contributed by atoms with E-state index in [0.29, 0.717) is 17.0 Å². The van der Waals surface area contributed by atoms with Crippen LogP contribution in [-0.4, -0.2) is 32.3 Å². The molecule has 3 aromatic heterocycles. The predicted molar refractivity (Wildman–Crippen MR) is 116 cm³/mol. The molecule has 0 saturated carbocycles. The largest absolute Gasteiger partial charge is 0.494 e. The highest BCUT2D eigenvalue weighted by Gasteiger charge is 2.17. The van der Waals surface area contributed by atoms with E-state index >= 15 is 0 Å². The summed E-state index contributed by atoms with van der Waals surface area (Å²) in [5.41, 5.74) is 2.49. The molecule has 0 aliphatic rings. The summed E-state index contributed by atoms with van der Waals surface area (Å²) in [6, 6.07) is 12.8. The molecule has 0 saturated heterocycles. The molecular weight excluding hydrogens is 394 g/mol. The second-order valence-corrected chi connectivity index (χ2v) is 6.91. The number of benzene rings is 1. The first-order chi connectivity index (χ1) is 15.1. The quantitative estimate of drug-likeness (QED) is 0.523. The zero-order chi connectivity index (χ0) is 21.8. The number of para-hydroxylation sites is 2. The number of nitrogens with zero attached hydrogens (tertiary/aromatic N) is 4. The number of pyridine rings is 2. The van der Waals surface area contributed by atoms with Crippen molar-refractivity contribution in [1.82, 2.24) is 24.6 Å². The van der Waals surface area contributed by atoms with Gasteiger partial charge in [-0.25, -0.2) is 4.68 Å². The van der Waals surface area contributed by atoms with Gasteiger partial charge in [0.05, 0.1) is 25.2 Å². The lowest BCUT2D eigenvalue weighted by atomic mass is 10.1. The Morgan fingerprint density at radius 1 is 1.13 bits per heavy atom. The van der Waals surface area contributed by atoms with Crippen LogP contribution in [-0.2, 0) is 6.54 Å². The van der Waals surface area contributed by atoms with Gasteiger partial charge in [-0.3, -0.25) is 19.1 Å². The van der Waals surface area contributed by atoms with E-state index in [2.05, 4.69) is 15.4 Å². The van der Waals surface area contributed by atoms with E-state index in [4.69, 9.17) is 4.74 Å². The van der Waals surface area contributed by atoms with E-state index < -0.39 is 11.5 Å². The maximum Gasteiger partial charge on any atom is 0.268 e. The summed E-state index contributed by atoms with van der Waals surface area (Å²) in [6.45, 7) is 1.97. The lowest BCUT2D eigenvalue weighted by molar-refractivity contribution is 0.0948. The van der Waals surface area contributed by atoms with Gasteiger partial charge in [-0.05, 0) is 42.8 Å². The average molecular weight is 415 g/mol. The zero-order valence-corrected chi connectivity index (χ0v) is 17.1. The van der Waals surface area contributed by atoms with Gasteiger partial charge in [0.15, 0.2) is 0 Å². The van der Waals surface area contributed by atoms with Crippen LogP contribution in [0.1, 0.15) is 21.5 Å². The number of carbonyl (C=O) groups is 1. The number of nitrogens with one attached hydrogen (secondary N) is 1. The average Bonchev–Trinajstić information content (AvgIpc) is 3.27. The highest BCUT2D eigenvalue weighted by molar-refractivity contribution is 5.95. The minimum Gasteiger partial charge on any atom is -0.494 e. The summed E-state index contributed by atoms with van der Waals surface area (Å²) in [5, 5.41) is 7.16. The Morgan fingerprint density at radius 3 is 2.74 bits per heavy atom. The molecule has 0 atom stereocenters. The van der Waals surface area contributed by atoms with Gasteiger partial charge in [-0.2, -0.15) is 5.10 Å². The van der Waals surface area contributed by atoms with Gasteiger partial charge in [0.2, 0.25) is 0 Å². The second kappa shape index (κ2) is 8.66. The standard InChI is InChI=1S/C23H21N5O3/c1-16-9-11-27(18-6-5-10-24-14-18)23(30)21(16)22(29)25-12-17-13-26-28(15-17)19-7-3-4-8-20(19)31-2/h3-11,13-15H,12H2,1-2H3,(H,25,29). The van der Waals surface area contributed by atoms with Crippen LogP contribution in [0.3, 0.4) is 0 Å². The van der Waals surface area contributed by atoms with Crippen molar-refractivity contribution in [3.63, 3.8) is 0 Å². The maximum absolute atomic E-state index is 12.9. The molecular formula is C23H21N5O3. The van der Waals surface area contributed by atoms with Crippen molar-refractivity contribution in [2.45, 2.75) is 13.5 Å². The number of hydrogen-bond donors (Lipinski definition) is 1. The molecule has 0 radical (unpaired) electrons. The topological polar surface area (TPSA) is 91.0 Å². The van der Waals surface area contributed by atoms with E-state index in [-0.39, 0.29) is 12.1 Å².